The number of nitrogens with zero attached hydrogens (tertiary/aromatic N) is 5. The molecule has 2 aromatic rings. The molecule has 1 N–H and O–H groups in total. The molecular weight excluding hydrogens is 304 g/mol. The van der Waals surface area contributed by atoms with Gasteiger partial charge in [0, 0.05) is 42.8 Å². The highest BCUT2D eigenvalue weighted by molar-refractivity contribution is 5.93. The van der Waals surface area contributed by atoms with Crippen LogP contribution < -0.4 is 10.9 Å². The molecule has 0 aromatic carbocycles. The summed E-state index contributed by atoms with van der Waals surface area (Å²) in [7, 11) is 0. The molecule has 0 aliphatic carbocycles. The van der Waals surface area contributed by atoms with Gasteiger partial charge in [-0.3, -0.25) is 19.7 Å². The molecule has 4 heterocycles. The minimum absolute atomic E-state index is 0.111. The fourth-order valence-electron chi connectivity index (χ4n) is 3.25. The number of hydrogen-bond donors (Lipinski definition) is 1. The summed E-state index contributed by atoms with van der Waals surface area (Å²) in [4.78, 5) is 28.3. The average molecular weight is 324 g/mol. The Labute approximate surface area is 140 Å². The maximum Gasteiger partial charge on any atom is 0.257 e. The van der Waals surface area contributed by atoms with Crippen molar-refractivity contribution in [2.75, 3.05) is 18.4 Å². The molecule has 1 fully saturated rings. The number of anilines is 1. The lowest BCUT2D eigenvalue weighted by Gasteiger charge is -2.34. The van der Waals surface area contributed by atoms with E-state index in [1.54, 1.807) is 17.0 Å². The average Bonchev–Trinajstić information content (AvgIpc) is 2.62. The Hall–Kier alpha value is -2.70. The lowest BCUT2D eigenvalue weighted by molar-refractivity contribution is 0.335. The van der Waals surface area contributed by atoms with Gasteiger partial charge in [0.2, 0.25) is 11.9 Å². The Morgan fingerprint density at radius 2 is 2.08 bits per heavy atom. The van der Waals surface area contributed by atoms with Gasteiger partial charge in [0.15, 0.2) is 6.17 Å². The van der Waals surface area contributed by atoms with Gasteiger partial charge in [0.05, 0.1) is 0 Å². The van der Waals surface area contributed by atoms with E-state index >= 15 is 0 Å². The van der Waals surface area contributed by atoms with Gasteiger partial charge >= 0.3 is 0 Å². The Kier molecular flexibility index (Phi) is 3.76. The summed E-state index contributed by atoms with van der Waals surface area (Å²) in [6.07, 6.45) is 6.61. The standard InChI is InChI=1S/C17H20N6O/c1-12-10-14(24)23-15(13-6-5-7-18-11-13)20-16(21-17(23)19-12)22-8-3-2-4-9-22/h5-7,10-11,15H,2-4,8-9H2,1H3,(H,19,20,21)/t15-/m1/s1. The van der Waals surface area contributed by atoms with Gasteiger partial charge in [0.1, 0.15) is 0 Å². The van der Waals surface area contributed by atoms with Crippen molar-refractivity contribution in [1.29, 1.82) is 0 Å². The molecule has 0 unspecified atom stereocenters. The number of hydrogen-bond acceptors (Lipinski definition) is 6. The molecule has 7 heteroatoms. The smallest absolute Gasteiger partial charge is 0.257 e. The molecule has 7 nitrogen and oxygen atoms in total. The third-order valence-corrected chi connectivity index (χ3v) is 4.43. The summed E-state index contributed by atoms with van der Waals surface area (Å²) < 4.78 is 1.59. The number of nitrogens with one attached hydrogen (secondary N) is 1. The van der Waals surface area contributed by atoms with Crippen LogP contribution in [0.4, 0.5) is 5.95 Å². The Bertz CT molecular complexity index is 823. The van der Waals surface area contributed by atoms with E-state index in [0.717, 1.165) is 37.5 Å². The normalized spacial score (nSPS) is 20.1. The third-order valence-electron chi connectivity index (χ3n) is 4.43. The van der Waals surface area contributed by atoms with Crippen molar-refractivity contribution < 1.29 is 0 Å². The molecule has 0 spiro atoms. The summed E-state index contributed by atoms with van der Waals surface area (Å²) in [6, 6.07) is 5.34. The number of aromatic nitrogens is 3. The Morgan fingerprint density at radius 3 is 2.83 bits per heavy atom. The van der Waals surface area contributed by atoms with Gasteiger partial charge in [-0.25, -0.2) is 9.98 Å². The topological polar surface area (TPSA) is 75.4 Å². The van der Waals surface area contributed by atoms with E-state index in [4.69, 9.17) is 4.99 Å². The molecule has 2 aliphatic heterocycles. The van der Waals surface area contributed by atoms with Crippen LogP contribution in [0.5, 0.6) is 0 Å². The van der Waals surface area contributed by atoms with Gasteiger partial charge in [-0.2, -0.15) is 0 Å². The summed E-state index contributed by atoms with van der Waals surface area (Å²) in [5.41, 5.74) is 1.46. The number of aryl methyl sites for hydroxylation is 1. The summed E-state index contributed by atoms with van der Waals surface area (Å²) in [5.74, 6) is 1.34. The van der Waals surface area contributed by atoms with Crippen molar-refractivity contribution in [3.8, 4) is 0 Å². The number of piperidine rings is 1. The minimum Gasteiger partial charge on any atom is -0.343 e. The van der Waals surface area contributed by atoms with E-state index in [1.807, 2.05) is 19.1 Å². The van der Waals surface area contributed by atoms with Crippen LogP contribution in [0, 0.1) is 6.92 Å². The van der Waals surface area contributed by atoms with Crippen LogP contribution in [-0.2, 0) is 0 Å². The first-order chi connectivity index (χ1) is 11.7. The number of aliphatic imine (C=N–C) groups is 1. The molecular formula is C17H20N6O. The van der Waals surface area contributed by atoms with Crippen molar-refractivity contribution in [1.82, 2.24) is 19.4 Å². The lowest BCUT2D eigenvalue weighted by Crippen LogP contribution is -2.45. The first-order valence-corrected chi connectivity index (χ1v) is 8.32. The first-order valence-electron chi connectivity index (χ1n) is 8.32. The van der Waals surface area contributed by atoms with Gasteiger partial charge in [0.25, 0.3) is 5.56 Å². The van der Waals surface area contributed by atoms with Crippen LogP contribution in [0.2, 0.25) is 0 Å². The fraction of sp³-hybridized carbons (Fsp3) is 0.412. The SMILES string of the molecule is Cc1cc(=O)n2c(n1)NC(N1CCCCC1)=N[C@H]2c1cccnc1. The van der Waals surface area contributed by atoms with Crippen molar-refractivity contribution >= 4 is 11.9 Å². The molecule has 1 saturated heterocycles. The molecule has 0 radical (unpaired) electrons. The molecule has 24 heavy (non-hydrogen) atoms. The van der Waals surface area contributed by atoms with E-state index in [9.17, 15) is 4.79 Å². The van der Waals surface area contributed by atoms with Crippen LogP contribution in [0.15, 0.2) is 40.4 Å². The summed E-state index contributed by atoms with van der Waals surface area (Å²) in [5, 5.41) is 3.26. The monoisotopic (exact) mass is 324 g/mol. The molecule has 0 bridgehead atoms. The Morgan fingerprint density at radius 1 is 1.25 bits per heavy atom. The van der Waals surface area contributed by atoms with Crippen molar-refractivity contribution in [3.63, 3.8) is 0 Å². The molecule has 1 atom stereocenters. The minimum atomic E-state index is -0.438. The van der Waals surface area contributed by atoms with E-state index in [-0.39, 0.29) is 5.56 Å². The largest absolute Gasteiger partial charge is 0.343 e. The van der Waals surface area contributed by atoms with Crippen LogP contribution in [-0.4, -0.2) is 38.5 Å². The zero-order valence-corrected chi connectivity index (χ0v) is 13.6. The number of pyridine rings is 1. The molecule has 0 saturated carbocycles. The van der Waals surface area contributed by atoms with Crippen LogP contribution in [0.25, 0.3) is 0 Å². The highest BCUT2D eigenvalue weighted by Crippen LogP contribution is 2.26. The number of likely N-dealkylation sites (tertiary alicyclic amines) is 1. The van der Waals surface area contributed by atoms with Gasteiger partial charge in [-0.15, -0.1) is 0 Å². The zero-order chi connectivity index (χ0) is 16.5. The second-order valence-corrected chi connectivity index (χ2v) is 6.21. The first kappa shape index (κ1) is 14.9. The molecule has 2 aliphatic rings. The quantitative estimate of drug-likeness (QED) is 0.865. The number of guanidine groups is 1. The molecule has 4 rings (SSSR count). The van der Waals surface area contributed by atoms with Gasteiger partial charge < -0.3 is 4.90 Å². The van der Waals surface area contributed by atoms with Gasteiger partial charge in [-0.1, -0.05) is 6.07 Å². The van der Waals surface area contributed by atoms with Crippen molar-refractivity contribution in [3.05, 3.63) is 52.2 Å². The van der Waals surface area contributed by atoms with E-state index in [1.165, 1.54) is 12.5 Å². The highest BCUT2D eigenvalue weighted by atomic mass is 16.1. The zero-order valence-electron chi connectivity index (χ0n) is 13.6. The second-order valence-electron chi connectivity index (χ2n) is 6.21. The van der Waals surface area contributed by atoms with Crippen molar-refractivity contribution in [2.45, 2.75) is 32.4 Å². The van der Waals surface area contributed by atoms with E-state index < -0.39 is 6.17 Å². The van der Waals surface area contributed by atoms with Gasteiger partial charge in [-0.05, 0) is 32.3 Å². The third kappa shape index (κ3) is 2.66. The molecule has 2 aromatic heterocycles. The van der Waals surface area contributed by atoms with Crippen molar-refractivity contribution in [2.24, 2.45) is 4.99 Å². The van der Waals surface area contributed by atoms with E-state index in [2.05, 4.69) is 20.2 Å². The van der Waals surface area contributed by atoms with Crippen LogP contribution in [0.1, 0.15) is 36.7 Å². The molecule has 0 amide bonds. The fourth-order valence-corrected chi connectivity index (χ4v) is 3.25. The predicted octanol–water partition coefficient (Wildman–Crippen LogP) is 1.76. The summed E-state index contributed by atoms with van der Waals surface area (Å²) >= 11 is 0. The molecule has 124 valence electrons. The highest BCUT2D eigenvalue weighted by Gasteiger charge is 2.28. The van der Waals surface area contributed by atoms with E-state index in [0.29, 0.717) is 11.6 Å². The maximum atomic E-state index is 12.5. The number of fused-ring (bicyclic) bond motifs is 1. The number of rotatable bonds is 1. The Balaban J connectivity index is 1.82. The summed E-state index contributed by atoms with van der Waals surface area (Å²) in [6.45, 7) is 3.78. The maximum absolute atomic E-state index is 12.5. The van der Waals surface area contributed by atoms with Crippen LogP contribution >= 0.6 is 0 Å². The van der Waals surface area contributed by atoms with Crippen LogP contribution in [0.3, 0.4) is 0 Å². The second kappa shape index (κ2) is 6.07. The predicted molar refractivity (Wildman–Crippen MR) is 92.1 cm³/mol. The lowest BCUT2D eigenvalue weighted by atomic mass is 10.1.